The van der Waals surface area contributed by atoms with Gasteiger partial charge in [0, 0.05) is 36.6 Å². The molecule has 11 heteroatoms. The van der Waals surface area contributed by atoms with Crippen LogP contribution < -0.4 is 5.56 Å². The Morgan fingerprint density at radius 2 is 1.71 bits per heavy atom. The summed E-state index contributed by atoms with van der Waals surface area (Å²) in [4.78, 5) is 27.2. The second-order valence-corrected chi connectivity index (χ2v) is 8.88. The number of benzene rings is 2. The van der Waals surface area contributed by atoms with Crippen LogP contribution in [-0.2, 0) is 6.54 Å². The molecular weight excluding hydrogens is 504 g/mol. The van der Waals surface area contributed by atoms with E-state index in [1.807, 2.05) is 0 Å². The van der Waals surface area contributed by atoms with Crippen molar-refractivity contribution in [3.8, 4) is 16.9 Å². The Kier molecular flexibility index (Phi) is 6.66. The van der Waals surface area contributed by atoms with Crippen molar-refractivity contribution in [1.82, 2.24) is 19.2 Å². The first-order valence-corrected chi connectivity index (χ1v) is 11.2. The average molecular weight is 523 g/mol. The topological polar surface area (TPSA) is 60.1 Å². The third-order valence-corrected chi connectivity index (χ3v) is 5.95. The van der Waals surface area contributed by atoms with Gasteiger partial charge in [-0.1, -0.05) is 47.5 Å². The number of alkyl halides is 3. The summed E-state index contributed by atoms with van der Waals surface area (Å²) in [5, 5.41) is 5.65. The standard InChI is InChI=1S/C24H19Cl2F3N4O2/c1-31(2)22(34)17-13-16-20(14-7-9-15(25)10-8-14)33(19-6-4-3-5-18(19)26)30-21(16)32(23(17)35)12-11-24(27,28)29/h3-10,13H,11-12H2,1-2H3. The number of nitrogens with zero attached hydrogens (tertiary/aromatic N) is 4. The zero-order valence-corrected chi connectivity index (χ0v) is 20.1. The van der Waals surface area contributed by atoms with Gasteiger partial charge in [-0.2, -0.15) is 13.2 Å². The van der Waals surface area contributed by atoms with Crippen LogP contribution >= 0.6 is 23.2 Å². The molecule has 2 aromatic heterocycles. The van der Waals surface area contributed by atoms with Crippen molar-refractivity contribution in [3.05, 3.63) is 80.6 Å². The van der Waals surface area contributed by atoms with E-state index in [2.05, 4.69) is 5.10 Å². The van der Waals surface area contributed by atoms with Gasteiger partial charge in [0.2, 0.25) is 0 Å². The molecule has 4 aromatic rings. The van der Waals surface area contributed by atoms with Gasteiger partial charge in [-0.25, -0.2) is 4.68 Å². The van der Waals surface area contributed by atoms with Crippen LogP contribution in [0.3, 0.4) is 0 Å². The summed E-state index contributed by atoms with van der Waals surface area (Å²) in [7, 11) is 2.92. The van der Waals surface area contributed by atoms with Gasteiger partial charge in [-0.05, 0) is 30.3 Å². The van der Waals surface area contributed by atoms with Crippen molar-refractivity contribution in [2.75, 3.05) is 14.1 Å². The highest BCUT2D eigenvalue weighted by atomic mass is 35.5. The number of carbonyl (C=O) groups excluding carboxylic acids is 1. The fourth-order valence-corrected chi connectivity index (χ4v) is 4.06. The van der Waals surface area contributed by atoms with Crippen LogP contribution in [0.25, 0.3) is 28.0 Å². The molecule has 0 radical (unpaired) electrons. The third kappa shape index (κ3) is 4.92. The molecule has 0 aliphatic heterocycles. The van der Waals surface area contributed by atoms with Crippen LogP contribution in [0, 0.1) is 0 Å². The lowest BCUT2D eigenvalue weighted by Gasteiger charge is -2.14. The number of hydrogen-bond donors (Lipinski definition) is 0. The van der Waals surface area contributed by atoms with Gasteiger partial charge < -0.3 is 4.90 Å². The number of halogens is 5. The number of hydrogen-bond acceptors (Lipinski definition) is 3. The van der Waals surface area contributed by atoms with Gasteiger partial charge in [0.15, 0.2) is 5.65 Å². The van der Waals surface area contributed by atoms with Gasteiger partial charge in [0.25, 0.3) is 11.5 Å². The molecule has 0 aliphatic carbocycles. The number of pyridine rings is 1. The lowest BCUT2D eigenvalue weighted by molar-refractivity contribution is -0.136. The minimum absolute atomic E-state index is 0.000532. The normalized spacial score (nSPS) is 11.7. The highest BCUT2D eigenvalue weighted by Crippen LogP contribution is 2.34. The largest absolute Gasteiger partial charge is 0.390 e. The minimum atomic E-state index is -4.52. The maximum absolute atomic E-state index is 13.2. The lowest BCUT2D eigenvalue weighted by Crippen LogP contribution is -2.33. The Labute approximate surface area is 208 Å². The molecule has 0 saturated heterocycles. The number of aryl methyl sites for hydroxylation is 1. The number of carbonyl (C=O) groups is 1. The molecule has 0 unspecified atom stereocenters. The lowest BCUT2D eigenvalue weighted by atomic mass is 10.1. The third-order valence-electron chi connectivity index (χ3n) is 5.38. The summed E-state index contributed by atoms with van der Waals surface area (Å²) in [5.74, 6) is -0.634. The molecule has 182 valence electrons. The van der Waals surface area contributed by atoms with Crippen molar-refractivity contribution in [3.63, 3.8) is 0 Å². The average Bonchev–Trinajstić information content (AvgIpc) is 3.16. The van der Waals surface area contributed by atoms with E-state index in [0.717, 1.165) is 4.57 Å². The second-order valence-electron chi connectivity index (χ2n) is 8.04. The van der Waals surface area contributed by atoms with E-state index in [-0.39, 0.29) is 11.2 Å². The SMILES string of the molecule is CN(C)C(=O)c1cc2c(-c3ccc(Cl)cc3)n(-c3ccccc3Cl)nc2n(CCC(F)(F)F)c1=O. The highest BCUT2D eigenvalue weighted by molar-refractivity contribution is 6.32. The van der Waals surface area contributed by atoms with Crippen LogP contribution in [0.5, 0.6) is 0 Å². The van der Waals surface area contributed by atoms with Crippen LogP contribution in [0.4, 0.5) is 13.2 Å². The van der Waals surface area contributed by atoms with Crippen molar-refractivity contribution >= 4 is 40.1 Å². The zero-order chi connectivity index (χ0) is 25.5. The van der Waals surface area contributed by atoms with Gasteiger partial charge in [0.05, 0.1) is 22.8 Å². The van der Waals surface area contributed by atoms with E-state index in [0.29, 0.717) is 32.4 Å². The molecule has 6 nitrogen and oxygen atoms in total. The maximum atomic E-state index is 13.2. The van der Waals surface area contributed by atoms with Gasteiger partial charge in [-0.3, -0.25) is 14.2 Å². The minimum Gasteiger partial charge on any atom is -0.345 e. The van der Waals surface area contributed by atoms with Gasteiger partial charge in [0.1, 0.15) is 5.56 Å². The number of para-hydroxylation sites is 1. The molecule has 1 amide bonds. The zero-order valence-electron chi connectivity index (χ0n) is 18.6. The van der Waals surface area contributed by atoms with E-state index in [4.69, 9.17) is 23.2 Å². The Morgan fingerprint density at radius 1 is 1.06 bits per heavy atom. The molecule has 4 rings (SSSR count). The monoisotopic (exact) mass is 522 g/mol. The van der Waals surface area contributed by atoms with E-state index < -0.39 is 30.6 Å². The molecule has 0 aliphatic rings. The van der Waals surface area contributed by atoms with Crippen LogP contribution in [0.2, 0.25) is 10.0 Å². The summed E-state index contributed by atoms with van der Waals surface area (Å²) < 4.78 is 41.7. The Bertz CT molecular complexity index is 1480. The summed E-state index contributed by atoms with van der Waals surface area (Å²) >= 11 is 12.5. The van der Waals surface area contributed by atoms with Gasteiger partial charge >= 0.3 is 6.18 Å². The fourth-order valence-electron chi connectivity index (χ4n) is 3.72. The van der Waals surface area contributed by atoms with E-state index >= 15 is 0 Å². The molecule has 2 aromatic carbocycles. The smallest absolute Gasteiger partial charge is 0.345 e. The molecule has 0 saturated carbocycles. The predicted molar refractivity (Wildman–Crippen MR) is 129 cm³/mol. The van der Waals surface area contributed by atoms with Crippen molar-refractivity contribution in [2.24, 2.45) is 0 Å². The van der Waals surface area contributed by atoms with Crippen LogP contribution in [-0.4, -0.2) is 45.4 Å². The number of aromatic nitrogens is 3. The molecule has 0 N–H and O–H groups in total. The summed E-state index contributed by atoms with van der Waals surface area (Å²) in [6.07, 6.45) is -5.78. The Hall–Kier alpha value is -3.30. The summed E-state index contributed by atoms with van der Waals surface area (Å²) in [6.45, 7) is -0.701. The van der Waals surface area contributed by atoms with Crippen molar-refractivity contribution in [1.29, 1.82) is 0 Å². The van der Waals surface area contributed by atoms with Gasteiger partial charge in [-0.15, -0.1) is 5.10 Å². The molecule has 0 fully saturated rings. The molecule has 35 heavy (non-hydrogen) atoms. The summed E-state index contributed by atoms with van der Waals surface area (Å²) in [5.41, 5.74) is 0.384. The molecule has 0 bridgehead atoms. The molecule has 2 heterocycles. The second kappa shape index (κ2) is 9.39. The van der Waals surface area contributed by atoms with Crippen LogP contribution in [0.1, 0.15) is 16.8 Å². The van der Waals surface area contributed by atoms with E-state index in [1.165, 1.54) is 29.7 Å². The summed E-state index contributed by atoms with van der Waals surface area (Å²) in [6, 6.07) is 14.9. The predicted octanol–water partition coefficient (Wildman–Crippen LogP) is 5.82. The quantitative estimate of drug-likeness (QED) is 0.332. The first-order valence-electron chi connectivity index (χ1n) is 10.4. The maximum Gasteiger partial charge on any atom is 0.390 e. The Balaban J connectivity index is 2.13. The highest BCUT2D eigenvalue weighted by Gasteiger charge is 2.29. The van der Waals surface area contributed by atoms with Crippen molar-refractivity contribution < 1.29 is 18.0 Å². The van der Waals surface area contributed by atoms with Crippen LogP contribution in [0.15, 0.2) is 59.4 Å². The number of amides is 1. The first-order chi connectivity index (χ1) is 16.5. The molecule has 0 atom stereocenters. The Morgan fingerprint density at radius 3 is 2.31 bits per heavy atom. The fraction of sp³-hybridized carbons (Fsp3) is 0.208. The molecule has 0 spiro atoms. The van der Waals surface area contributed by atoms with E-state index in [1.54, 1.807) is 48.5 Å². The van der Waals surface area contributed by atoms with E-state index in [9.17, 15) is 22.8 Å². The van der Waals surface area contributed by atoms with Crippen molar-refractivity contribution in [2.45, 2.75) is 19.1 Å². The first kappa shape index (κ1) is 24.8. The number of fused-ring (bicyclic) bond motifs is 1. The molecular formula is C24H19Cl2F3N4O2. The number of rotatable bonds is 5.